The molecular weight excluding hydrogens is 330 g/mol. The molecule has 0 radical (unpaired) electrons. The van der Waals surface area contributed by atoms with Crippen molar-refractivity contribution in [1.82, 2.24) is 4.90 Å². The lowest BCUT2D eigenvalue weighted by atomic mass is 10.1. The molecule has 1 aliphatic heterocycles. The Kier molecular flexibility index (Phi) is 5.44. The molecule has 1 aliphatic rings. The summed E-state index contributed by atoms with van der Waals surface area (Å²) in [4.78, 5) is 13.9. The molecule has 2 rings (SSSR count). The number of hydrogen-bond donors (Lipinski definition) is 0. The van der Waals surface area contributed by atoms with Gasteiger partial charge in [-0.3, -0.25) is 4.90 Å². The first-order chi connectivity index (χ1) is 10.3. The third-order valence-electron chi connectivity index (χ3n) is 3.49. The van der Waals surface area contributed by atoms with E-state index < -0.39 is 15.8 Å². The lowest BCUT2D eigenvalue weighted by molar-refractivity contribution is 0.0338. The summed E-state index contributed by atoms with van der Waals surface area (Å²) >= 11 is 6.29. The van der Waals surface area contributed by atoms with E-state index >= 15 is 0 Å². The minimum Gasteiger partial charge on any atom is -0.465 e. The number of sulfone groups is 1. The number of hydrogen-bond acceptors (Lipinski definition) is 6. The molecular formula is C14H18ClNO5S. The summed E-state index contributed by atoms with van der Waals surface area (Å²) in [6, 6.07) is 2.79. The van der Waals surface area contributed by atoms with Gasteiger partial charge < -0.3 is 9.47 Å². The lowest BCUT2D eigenvalue weighted by Gasteiger charge is -2.27. The molecule has 0 saturated carbocycles. The predicted molar refractivity (Wildman–Crippen MR) is 82.0 cm³/mol. The van der Waals surface area contributed by atoms with Gasteiger partial charge in [0.15, 0.2) is 9.84 Å². The Bertz CT molecular complexity index is 668. The molecule has 8 heteroatoms. The molecule has 1 saturated heterocycles. The van der Waals surface area contributed by atoms with Gasteiger partial charge in [0.1, 0.15) is 0 Å². The van der Waals surface area contributed by atoms with E-state index in [9.17, 15) is 13.2 Å². The monoisotopic (exact) mass is 347 g/mol. The van der Waals surface area contributed by atoms with Crippen molar-refractivity contribution < 1.29 is 22.7 Å². The molecule has 1 heterocycles. The van der Waals surface area contributed by atoms with E-state index in [1.54, 1.807) is 0 Å². The van der Waals surface area contributed by atoms with E-state index in [-0.39, 0.29) is 15.5 Å². The second-order valence-corrected chi connectivity index (χ2v) is 7.42. The molecule has 0 atom stereocenters. The van der Waals surface area contributed by atoms with E-state index in [0.29, 0.717) is 38.4 Å². The van der Waals surface area contributed by atoms with Crippen molar-refractivity contribution in [3.05, 3.63) is 28.3 Å². The molecule has 0 aliphatic carbocycles. The second kappa shape index (κ2) is 6.95. The predicted octanol–water partition coefficient (Wildman–Crippen LogP) is 1.36. The number of benzene rings is 1. The first-order valence-electron chi connectivity index (χ1n) is 6.74. The Balaban J connectivity index is 2.47. The quantitative estimate of drug-likeness (QED) is 0.766. The standard InChI is InChI=1S/C14H18ClNO5S/c1-20-14(17)10-3-4-12(22(2,18)19)11(13(10)15)9-16-5-7-21-8-6-16/h3-4H,5-9H2,1-2H3. The van der Waals surface area contributed by atoms with Gasteiger partial charge in [0, 0.05) is 31.5 Å². The van der Waals surface area contributed by atoms with Crippen molar-refractivity contribution in [2.24, 2.45) is 0 Å². The molecule has 0 spiro atoms. The van der Waals surface area contributed by atoms with Crippen molar-refractivity contribution >= 4 is 27.4 Å². The number of ether oxygens (including phenoxy) is 2. The third kappa shape index (κ3) is 3.78. The summed E-state index contributed by atoms with van der Waals surface area (Å²) in [5, 5.41) is 0.126. The number of rotatable bonds is 4. The van der Waals surface area contributed by atoms with Crippen LogP contribution in [0.15, 0.2) is 17.0 Å². The molecule has 0 amide bonds. The Labute approximate surface area is 134 Å². The molecule has 1 fully saturated rings. The average Bonchev–Trinajstić information content (AvgIpc) is 2.48. The summed E-state index contributed by atoms with van der Waals surface area (Å²) in [6.07, 6.45) is 1.12. The molecule has 1 aromatic carbocycles. The van der Waals surface area contributed by atoms with E-state index in [2.05, 4.69) is 4.74 Å². The summed E-state index contributed by atoms with van der Waals surface area (Å²) in [7, 11) is -2.20. The fourth-order valence-electron chi connectivity index (χ4n) is 2.35. The van der Waals surface area contributed by atoms with Crippen LogP contribution in [0.5, 0.6) is 0 Å². The van der Waals surface area contributed by atoms with Gasteiger partial charge in [0.05, 0.1) is 35.8 Å². The maximum absolute atomic E-state index is 12.0. The normalized spacial score (nSPS) is 16.5. The Hall–Kier alpha value is -1.15. The number of carbonyl (C=O) groups excluding carboxylic acids is 1. The zero-order chi connectivity index (χ0) is 16.3. The van der Waals surface area contributed by atoms with Gasteiger partial charge in [-0.05, 0) is 12.1 Å². The maximum atomic E-state index is 12.0. The number of nitrogens with zero attached hydrogens (tertiary/aromatic N) is 1. The number of halogens is 1. The molecule has 1 aromatic rings. The highest BCUT2D eigenvalue weighted by Crippen LogP contribution is 2.30. The minimum absolute atomic E-state index is 0.126. The zero-order valence-electron chi connectivity index (χ0n) is 12.5. The topological polar surface area (TPSA) is 72.9 Å². The van der Waals surface area contributed by atoms with Gasteiger partial charge in [0.2, 0.25) is 0 Å². The fraction of sp³-hybridized carbons (Fsp3) is 0.500. The van der Waals surface area contributed by atoms with Crippen LogP contribution < -0.4 is 0 Å². The highest BCUT2D eigenvalue weighted by molar-refractivity contribution is 7.90. The van der Waals surface area contributed by atoms with Gasteiger partial charge in [0.25, 0.3) is 0 Å². The Morgan fingerprint density at radius 3 is 2.55 bits per heavy atom. The zero-order valence-corrected chi connectivity index (χ0v) is 14.0. The molecule has 0 aromatic heterocycles. The van der Waals surface area contributed by atoms with Crippen LogP contribution in [0.1, 0.15) is 15.9 Å². The summed E-state index contributed by atoms with van der Waals surface area (Å²) in [5.74, 6) is -0.590. The summed E-state index contributed by atoms with van der Waals surface area (Å²) in [6.45, 7) is 2.88. The van der Waals surface area contributed by atoms with Gasteiger partial charge in [-0.2, -0.15) is 0 Å². The van der Waals surface area contributed by atoms with Crippen LogP contribution in [0.4, 0.5) is 0 Å². The van der Waals surface area contributed by atoms with Gasteiger partial charge in [-0.25, -0.2) is 13.2 Å². The fourth-order valence-corrected chi connectivity index (χ4v) is 3.64. The van der Waals surface area contributed by atoms with Crippen LogP contribution in [0.2, 0.25) is 5.02 Å². The molecule has 0 bridgehead atoms. The highest BCUT2D eigenvalue weighted by atomic mass is 35.5. The van der Waals surface area contributed by atoms with Crippen molar-refractivity contribution in [3.8, 4) is 0 Å². The highest BCUT2D eigenvalue weighted by Gasteiger charge is 2.24. The lowest BCUT2D eigenvalue weighted by Crippen LogP contribution is -2.36. The van der Waals surface area contributed by atoms with Crippen molar-refractivity contribution in [2.45, 2.75) is 11.4 Å². The largest absolute Gasteiger partial charge is 0.465 e. The Morgan fingerprint density at radius 1 is 1.36 bits per heavy atom. The van der Waals surface area contributed by atoms with Crippen molar-refractivity contribution in [3.63, 3.8) is 0 Å². The van der Waals surface area contributed by atoms with Crippen LogP contribution in [0, 0.1) is 0 Å². The van der Waals surface area contributed by atoms with Crippen LogP contribution >= 0.6 is 11.6 Å². The molecule has 0 N–H and O–H groups in total. The van der Waals surface area contributed by atoms with Crippen LogP contribution in [-0.4, -0.2) is 59.0 Å². The van der Waals surface area contributed by atoms with Crippen molar-refractivity contribution in [2.75, 3.05) is 39.7 Å². The first-order valence-corrected chi connectivity index (χ1v) is 9.01. The first kappa shape index (κ1) is 17.2. The SMILES string of the molecule is COC(=O)c1ccc(S(C)(=O)=O)c(CN2CCOCC2)c1Cl. The molecule has 122 valence electrons. The average molecular weight is 348 g/mol. The van der Waals surface area contributed by atoms with E-state index in [1.165, 1.54) is 19.2 Å². The van der Waals surface area contributed by atoms with Gasteiger partial charge in [-0.1, -0.05) is 11.6 Å². The second-order valence-electron chi connectivity index (χ2n) is 5.06. The molecule has 6 nitrogen and oxygen atoms in total. The molecule has 22 heavy (non-hydrogen) atoms. The van der Waals surface area contributed by atoms with Crippen LogP contribution in [0.25, 0.3) is 0 Å². The summed E-state index contributed by atoms with van der Waals surface area (Å²) < 4.78 is 33.9. The number of esters is 1. The van der Waals surface area contributed by atoms with Crippen molar-refractivity contribution in [1.29, 1.82) is 0 Å². The third-order valence-corrected chi connectivity index (χ3v) is 5.10. The van der Waals surface area contributed by atoms with Gasteiger partial charge >= 0.3 is 5.97 Å². The smallest absolute Gasteiger partial charge is 0.339 e. The molecule has 0 unspecified atom stereocenters. The van der Waals surface area contributed by atoms with Crippen LogP contribution in [0.3, 0.4) is 0 Å². The summed E-state index contributed by atoms with van der Waals surface area (Å²) in [5.41, 5.74) is 0.591. The van der Waals surface area contributed by atoms with Gasteiger partial charge in [-0.15, -0.1) is 0 Å². The van der Waals surface area contributed by atoms with E-state index in [1.807, 2.05) is 4.90 Å². The van der Waals surface area contributed by atoms with Crippen LogP contribution in [-0.2, 0) is 25.9 Å². The minimum atomic E-state index is -3.45. The maximum Gasteiger partial charge on any atom is 0.339 e. The van der Waals surface area contributed by atoms with E-state index in [0.717, 1.165) is 6.26 Å². The Morgan fingerprint density at radius 2 is 2.00 bits per heavy atom. The number of methoxy groups -OCH3 is 1. The number of carbonyl (C=O) groups is 1. The van der Waals surface area contributed by atoms with E-state index in [4.69, 9.17) is 16.3 Å². The number of morpholine rings is 1.